The van der Waals surface area contributed by atoms with Crippen LogP contribution in [-0.2, 0) is 9.47 Å². The zero-order valence-electron chi connectivity index (χ0n) is 8.76. The summed E-state index contributed by atoms with van der Waals surface area (Å²) in [4.78, 5) is 0. The topological polar surface area (TPSA) is 36.3 Å². The van der Waals surface area contributed by atoms with E-state index in [1.807, 2.05) is 18.5 Å². The zero-order valence-corrected chi connectivity index (χ0v) is 8.76. The molecule has 2 saturated heterocycles. The summed E-state index contributed by atoms with van der Waals surface area (Å²) in [6.07, 6.45) is 7.01. The molecule has 2 unspecified atom stereocenters. The van der Waals surface area contributed by atoms with Gasteiger partial charge < -0.3 is 9.47 Å². The van der Waals surface area contributed by atoms with Crippen molar-refractivity contribution in [2.75, 3.05) is 19.8 Å². The van der Waals surface area contributed by atoms with Crippen molar-refractivity contribution < 1.29 is 9.47 Å². The van der Waals surface area contributed by atoms with Crippen LogP contribution in [0.3, 0.4) is 0 Å². The summed E-state index contributed by atoms with van der Waals surface area (Å²) in [5.41, 5.74) is -0.0190. The van der Waals surface area contributed by atoms with E-state index in [-0.39, 0.29) is 5.60 Å². The molecule has 0 aromatic carbocycles. The Labute approximate surface area is 89.2 Å². The molecule has 2 aliphatic heterocycles. The van der Waals surface area contributed by atoms with Gasteiger partial charge in [-0.05, 0) is 12.5 Å². The van der Waals surface area contributed by atoms with Gasteiger partial charge >= 0.3 is 0 Å². The minimum Gasteiger partial charge on any atom is -0.378 e. The SMILES string of the molecule is c1cnn(C2CCOC3(CCOC3)C2)c1. The molecule has 4 heteroatoms. The highest BCUT2D eigenvalue weighted by atomic mass is 16.6. The molecule has 3 rings (SSSR count). The Morgan fingerprint density at radius 1 is 1.40 bits per heavy atom. The smallest absolute Gasteiger partial charge is 0.0957 e. The van der Waals surface area contributed by atoms with E-state index in [0.29, 0.717) is 6.04 Å². The highest BCUT2D eigenvalue weighted by Gasteiger charge is 2.41. The summed E-state index contributed by atoms with van der Waals surface area (Å²) in [5, 5.41) is 4.31. The fourth-order valence-corrected chi connectivity index (χ4v) is 2.59. The quantitative estimate of drug-likeness (QED) is 0.699. The molecule has 1 aromatic rings. The number of aromatic nitrogens is 2. The van der Waals surface area contributed by atoms with Crippen molar-refractivity contribution in [1.82, 2.24) is 9.78 Å². The zero-order chi connectivity index (χ0) is 10.1. The lowest BCUT2D eigenvalue weighted by molar-refractivity contribution is -0.0962. The second kappa shape index (κ2) is 3.61. The van der Waals surface area contributed by atoms with Crippen LogP contribution >= 0.6 is 0 Å². The van der Waals surface area contributed by atoms with Crippen LogP contribution in [0, 0.1) is 0 Å². The summed E-state index contributed by atoms with van der Waals surface area (Å²) in [5.74, 6) is 0. The predicted molar refractivity (Wildman–Crippen MR) is 54.6 cm³/mol. The molecule has 1 spiro atoms. The minimum atomic E-state index is -0.0190. The minimum absolute atomic E-state index is 0.0190. The third-order valence-corrected chi connectivity index (χ3v) is 3.43. The lowest BCUT2D eigenvalue weighted by Crippen LogP contribution is -2.41. The molecule has 2 atom stereocenters. The van der Waals surface area contributed by atoms with Crippen molar-refractivity contribution in [3.05, 3.63) is 18.5 Å². The molecule has 4 nitrogen and oxygen atoms in total. The summed E-state index contributed by atoms with van der Waals surface area (Å²) >= 11 is 0. The molecule has 1 aromatic heterocycles. The van der Waals surface area contributed by atoms with Gasteiger partial charge in [-0.25, -0.2) is 0 Å². The number of hydrogen-bond donors (Lipinski definition) is 0. The van der Waals surface area contributed by atoms with Gasteiger partial charge in [0.2, 0.25) is 0 Å². The Balaban J connectivity index is 1.76. The number of hydrogen-bond acceptors (Lipinski definition) is 3. The fourth-order valence-electron chi connectivity index (χ4n) is 2.59. The molecule has 82 valence electrons. The molecular formula is C11H16N2O2. The van der Waals surface area contributed by atoms with E-state index in [1.54, 1.807) is 0 Å². The third kappa shape index (κ3) is 1.68. The molecule has 15 heavy (non-hydrogen) atoms. The van der Waals surface area contributed by atoms with E-state index < -0.39 is 0 Å². The van der Waals surface area contributed by atoms with Gasteiger partial charge in [0.15, 0.2) is 0 Å². The van der Waals surface area contributed by atoms with Gasteiger partial charge in [-0.1, -0.05) is 0 Å². The first-order valence-electron chi connectivity index (χ1n) is 5.59. The van der Waals surface area contributed by atoms with Gasteiger partial charge in [0.25, 0.3) is 0 Å². The summed E-state index contributed by atoms with van der Waals surface area (Å²) in [7, 11) is 0. The largest absolute Gasteiger partial charge is 0.378 e. The van der Waals surface area contributed by atoms with Gasteiger partial charge in [0, 0.05) is 38.4 Å². The second-order valence-electron chi connectivity index (χ2n) is 4.47. The Morgan fingerprint density at radius 3 is 3.13 bits per heavy atom. The third-order valence-electron chi connectivity index (χ3n) is 3.43. The van der Waals surface area contributed by atoms with Crippen LogP contribution in [0.4, 0.5) is 0 Å². The van der Waals surface area contributed by atoms with Crippen molar-refractivity contribution in [1.29, 1.82) is 0 Å². The average molecular weight is 208 g/mol. The van der Waals surface area contributed by atoms with E-state index in [4.69, 9.17) is 9.47 Å². The summed E-state index contributed by atoms with van der Waals surface area (Å²) in [6.45, 7) is 2.42. The van der Waals surface area contributed by atoms with Crippen molar-refractivity contribution >= 4 is 0 Å². The molecule has 0 saturated carbocycles. The molecule has 0 N–H and O–H groups in total. The Hall–Kier alpha value is -0.870. The van der Waals surface area contributed by atoms with E-state index in [2.05, 4.69) is 9.78 Å². The van der Waals surface area contributed by atoms with E-state index in [0.717, 1.165) is 39.1 Å². The standard InChI is InChI=1S/C11H16N2O2/c1-4-12-13(5-1)10-2-6-15-11(8-10)3-7-14-9-11/h1,4-5,10H,2-3,6-9H2. The molecule has 0 radical (unpaired) electrons. The van der Waals surface area contributed by atoms with Crippen LogP contribution < -0.4 is 0 Å². The van der Waals surface area contributed by atoms with Crippen molar-refractivity contribution in [2.45, 2.75) is 30.9 Å². The number of nitrogens with zero attached hydrogens (tertiary/aromatic N) is 2. The van der Waals surface area contributed by atoms with Gasteiger partial charge in [-0.2, -0.15) is 5.10 Å². The molecule has 2 aliphatic rings. The maximum absolute atomic E-state index is 5.89. The van der Waals surface area contributed by atoms with E-state index >= 15 is 0 Å². The van der Waals surface area contributed by atoms with Gasteiger partial charge in [-0.3, -0.25) is 4.68 Å². The highest BCUT2D eigenvalue weighted by molar-refractivity contribution is 4.93. The van der Waals surface area contributed by atoms with Crippen molar-refractivity contribution in [3.63, 3.8) is 0 Å². The lowest BCUT2D eigenvalue weighted by Gasteiger charge is -2.37. The van der Waals surface area contributed by atoms with E-state index in [1.165, 1.54) is 0 Å². The first kappa shape index (κ1) is 9.36. The van der Waals surface area contributed by atoms with Crippen LogP contribution in [0.5, 0.6) is 0 Å². The molecule has 3 heterocycles. The maximum Gasteiger partial charge on any atom is 0.0957 e. The Bertz CT molecular complexity index is 317. The fraction of sp³-hybridized carbons (Fsp3) is 0.727. The Kier molecular flexibility index (Phi) is 2.25. The predicted octanol–water partition coefficient (Wildman–Crippen LogP) is 1.39. The molecule has 2 fully saturated rings. The molecule has 0 bridgehead atoms. The van der Waals surface area contributed by atoms with E-state index in [9.17, 15) is 0 Å². The van der Waals surface area contributed by atoms with Gasteiger partial charge in [0.05, 0.1) is 18.2 Å². The number of rotatable bonds is 1. The van der Waals surface area contributed by atoms with Gasteiger partial charge in [0.1, 0.15) is 0 Å². The lowest BCUT2D eigenvalue weighted by atomic mass is 9.90. The monoisotopic (exact) mass is 208 g/mol. The molecular weight excluding hydrogens is 192 g/mol. The maximum atomic E-state index is 5.89. The van der Waals surface area contributed by atoms with Gasteiger partial charge in [-0.15, -0.1) is 0 Å². The molecule has 0 aliphatic carbocycles. The average Bonchev–Trinajstić information content (AvgIpc) is 2.89. The van der Waals surface area contributed by atoms with Crippen LogP contribution in [0.15, 0.2) is 18.5 Å². The molecule has 0 amide bonds. The van der Waals surface area contributed by atoms with Crippen LogP contribution in [0.1, 0.15) is 25.3 Å². The highest BCUT2D eigenvalue weighted by Crippen LogP contribution is 2.37. The second-order valence-corrected chi connectivity index (χ2v) is 4.47. The van der Waals surface area contributed by atoms with Crippen molar-refractivity contribution in [3.8, 4) is 0 Å². The van der Waals surface area contributed by atoms with Crippen LogP contribution in [0.25, 0.3) is 0 Å². The normalized spacial score (nSPS) is 36.1. The van der Waals surface area contributed by atoms with Crippen LogP contribution in [-0.4, -0.2) is 35.2 Å². The summed E-state index contributed by atoms with van der Waals surface area (Å²) < 4.78 is 13.4. The van der Waals surface area contributed by atoms with Crippen LogP contribution in [0.2, 0.25) is 0 Å². The summed E-state index contributed by atoms with van der Waals surface area (Å²) in [6, 6.07) is 2.46. The Morgan fingerprint density at radius 2 is 2.40 bits per heavy atom. The number of ether oxygens (including phenoxy) is 2. The van der Waals surface area contributed by atoms with Crippen molar-refractivity contribution in [2.24, 2.45) is 0 Å². The first-order valence-corrected chi connectivity index (χ1v) is 5.59. The first-order chi connectivity index (χ1) is 7.38.